The van der Waals surface area contributed by atoms with Crippen LogP contribution in [0.1, 0.15) is 21.5 Å². The molecule has 3 aromatic rings. The van der Waals surface area contributed by atoms with E-state index in [1.165, 1.54) is 30.3 Å². The van der Waals surface area contributed by atoms with Crippen LogP contribution >= 0.6 is 0 Å². The van der Waals surface area contributed by atoms with E-state index in [1.807, 2.05) is 12.1 Å². The number of carbonyl (C=O) groups is 1. The van der Waals surface area contributed by atoms with Gasteiger partial charge in [0.1, 0.15) is 17.3 Å². The Hall–Kier alpha value is -3.39. The number of amides is 1. The number of sulfonamides is 1. The summed E-state index contributed by atoms with van der Waals surface area (Å²) in [6, 6.07) is 17.7. The van der Waals surface area contributed by atoms with Crippen molar-refractivity contribution in [2.24, 2.45) is 0 Å². The molecule has 8 heteroatoms. The van der Waals surface area contributed by atoms with Crippen LogP contribution in [0.25, 0.3) is 0 Å². The second kappa shape index (κ2) is 8.96. The minimum Gasteiger partial charge on any atom is -0.457 e. The summed E-state index contributed by atoms with van der Waals surface area (Å²) < 4.78 is 43.9. The number of halogens is 1. The van der Waals surface area contributed by atoms with E-state index in [2.05, 4.69) is 10.0 Å². The van der Waals surface area contributed by atoms with Gasteiger partial charge in [0.2, 0.25) is 10.0 Å². The molecule has 156 valence electrons. The maximum Gasteiger partial charge on any atom is 0.251 e. The molecule has 6 nitrogen and oxygen atoms in total. The number of benzene rings is 3. The molecule has 0 atom stereocenters. The molecule has 0 aromatic heterocycles. The van der Waals surface area contributed by atoms with Gasteiger partial charge in [0.25, 0.3) is 5.91 Å². The molecule has 3 aromatic carbocycles. The van der Waals surface area contributed by atoms with Crippen molar-refractivity contribution in [3.05, 3.63) is 89.2 Å². The molecule has 0 unspecified atom stereocenters. The van der Waals surface area contributed by atoms with Crippen molar-refractivity contribution in [2.75, 3.05) is 11.0 Å². The summed E-state index contributed by atoms with van der Waals surface area (Å²) >= 11 is 0. The third kappa shape index (κ3) is 6.05. The number of hydrogen-bond acceptors (Lipinski definition) is 4. The minimum atomic E-state index is -3.44. The number of nitrogens with one attached hydrogen (secondary N) is 2. The zero-order valence-corrected chi connectivity index (χ0v) is 17.3. The Labute approximate surface area is 174 Å². The first-order valence-electron chi connectivity index (χ1n) is 9.08. The van der Waals surface area contributed by atoms with E-state index in [4.69, 9.17) is 4.74 Å². The molecule has 0 bridgehead atoms. The molecule has 3 rings (SSSR count). The van der Waals surface area contributed by atoms with Gasteiger partial charge in [-0.1, -0.05) is 18.2 Å². The molecule has 0 aliphatic carbocycles. The van der Waals surface area contributed by atoms with Gasteiger partial charge in [0.05, 0.1) is 11.9 Å². The summed E-state index contributed by atoms with van der Waals surface area (Å²) in [6.07, 6.45) is 1.06. The van der Waals surface area contributed by atoms with Crippen molar-refractivity contribution >= 4 is 21.6 Å². The quantitative estimate of drug-likeness (QED) is 0.590. The third-order valence-electron chi connectivity index (χ3n) is 4.22. The molecule has 0 aliphatic rings. The summed E-state index contributed by atoms with van der Waals surface area (Å²) in [6.45, 7) is 2.04. The fourth-order valence-electron chi connectivity index (χ4n) is 2.67. The second-order valence-electron chi connectivity index (χ2n) is 6.79. The van der Waals surface area contributed by atoms with Crippen molar-refractivity contribution in [3.63, 3.8) is 0 Å². The highest BCUT2D eigenvalue weighted by Gasteiger charge is 2.11. The zero-order valence-electron chi connectivity index (χ0n) is 16.5. The molecule has 0 saturated carbocycles. The van der Waals surface area contributed by atoms with E-state index >= 15 is 0 Å². The van der Waals surface area contributed by atoms with Gasteiger partial charge in [-0.3, -0.25) is 9.52 Å². The van der Waals surface area contributed by atoms with E-state index in [0.29, 0.717) is 34.9 Å². The van der Waals surface area contributed by atoms with E-state index in [9.17, 15) is 17.6 Å². The smallest absolute Gasteiger partial charge is 0.251 e. The third-order valence-corrected chi connectivity index (χ3v) is 4.81. The Bertz CT molecular complexity index is 1140. The van der Waals surface area contributed by atoms with Gasteiger partial charge >= 0.3 is 0 Å². The van der Waals surface area contributed by atoms with E-state index in [-0.39, 0.29) is 11.7 Å². The van der Waals surface area contributed by atoms with Crippen molar-refractivity contribution in [1.82, 2.24) is 5.32 Å². The SMILES string of the molecule is Cc1ccc(C(=O)NCc2ccc(Oc3ccc(F)cc3)cc2)cc1NS(C)(=O)=O. The average molecular weight is 428 g/mol. The number of ether oxygens (including phenoxy) is 1. The lowest BCUT2D eigenvalue weighted by molar-refractivity contribution is 0.0951. The minimum absolute atomic E-state index is 0.290. The molecule has 0 aliphatic heterocycles. The Morgan fingerprint density at radius 2 is 1.57 bits per heavy atom. The van der Waals surface area contributed by atoms with Gasteiger partial charge in [0.15, 0.2) is 0 Å². The van der Waals surface area contributed by atoms with Crippen LogP contribution in [0.15, 0.2) is 66.7 Å². The van der Waals surface area contributed by atoms with Crippen LogP contribution in [0.4, 0.5) is 10.1 Å². The standard InChI is InChI=1S/C22H21FN2O4S/c1-15-3-6-17(13-21(15)25-30(2,27)28)22(26)24-14-16-4-9-19(10-5-16)29-20-11-7-18(23)8-12-20/h3-13,25H,14H2,1-2H3,(H,24,26). The molecular weight excluding hydrogens is 407 g/mol. The topological polar surface area (TPSA) is 84.5 Å². The second-order valence-corrected chi connectivity index (χ2v) is 8.53. The average Bonchev–Trinajstić information content (AvgIpc) is 2.69. The molecule has 0 radical (unpaired) electrons. The summed E-state index contributed by atoms with van der Waals surface area (Å²) in [7, 11) is -3.44. The monoisotopic (exact) mass is 428 g/mol. The molecule has 2 N–H and O–H groups in total. The highest BCUT2D eigenvalue weighted by Crippen LogP contribution is 2.22. The Kier molecular flexibility index (Phi) is 6.37. The van der Waals surface area contributed by atoms with Gasteiger partial charge in [-0.25, -0.2) is 12.8 Å². The van der Waals surface area contributed by atoms with Crippen LogP contribution in [-0.2, 0) is 16.6 Å². The molecule has 0 spiro atoms. The van der Waals surface area contributed by atoms with E-state index < -0.39 is 10.0 Å². The zero-order chi connectivity index (χ0) is 21.7. The number of rotatable bonds is 7. The molecule has 0 heterocycles. The van der Waals surface area contributed by atoms with Crippen LogP contribution in [-0.4, -0.2) is 20.6 Å². The summed E-state index contributed by atoms with van der Waals surface area (Å²) in [4.78, 5) is 12.4. The van der Waals surface area contributed by atoms with Gasteiger partial charge in [-0.05, 0) is 66.6 Å². The highest BCUT2D eigenvalue weighted by atomic mass is 32.2. The predicted molar refractivity (Wildman–Crippen MR) is 114 cm³/mol. The largest absolute Gasteiger partial charge is 0.457 e. The fraction of sp³-hybridized carbons (Fsp3) is 0.136. The molecule has 0 fully saturated rings. The number of carbonyl (C=O) groups excluding carboxylic acids is 1. The first-order valence-corrected chi connectivity index (χ1v) is 11.0. The lowest BCUT2D eigenvalue weighted by Crippen LogP contribution is -2.23. The van der Waals surface area contributed by atoms with Crippen molar-refractivity contribution < 1.29 is 22.3 Å². The molecular formula is C22H21FN2O4S. The normalized spacial score (nSPS) is 11.0. The number of hydrogen-bond donors (Lipinski definition) is 2. The first kappa shape index (κ1) is 21.3. The summed E-state index contributed by atoms with van der Waals surface area (Å²) in [5, 5.41) is 2.80. The van der Waals surface area contributed by atoms with Crippen molar-refractivity contribution in [3.8, 4) is 11.5 Å². The Balaban J connectivity index is 1.60. The molecule has 30 heavy (non-hydrogen) atoms. The first-order chi connectivity index (χ1) is 14.2. The van der Waals surface area contributed by atoms with Gasteiger partial charge in [-0.2, -0.15) is 0 Å². The predicted octanol–water partition coefficient (Wildman–Crippen LogP) is 4.23. The number of anilines is 1. The van der Waals surface area contributed by atoms with Gasteiger partial charge < -0.3 is 10.1 Å². The molecule has 0 saturated heterocycles. The van der Waals surface area contributed by atoms with E-state index in [1.54, 1.807) is 31.2 Å². The number of aryl methyl sites for hydroxylation is 1. The lowest BCUT2D eigenvalue weighted by atomic mass is 10.1. The molecule has 1 amide bonds. The van der Waals surface area contributed by atoms with Crippen LogP contribution in [0.2, 0.25) is 0 Å². The maximum absolute atomic E-state index is 12.9. The van der Waals surface area contributed by atoms with Crippen LogP contribution < -0.4 is 14.8 Å². The van der Waals surface area contributed by atoms with Crippen LogP contribution in [0, 0.1) is 12.7 Å². The Morgan fingerprint density at radius 1 is 0.967 bits per heavy atom. The fourth-order valence-corrected chi connectivity index (χ4v) is 3.29. The summed E-state index contributed by atoms with van der Waals surface area (Å²) in [5.74, 6) is 0.460. The van der Waals surface area contributed by atoms with E-state index in [0.717, 1.165) is 11.8 Å². The highest BCUT2D eigenvalue weighted by molar-refractivity contribution is 7.92. The van der Waals surface area contributed by atoms with Crippen molar-refractivity contribution in [1.29, 1.82) is 0 Å². The summed E-state index contributed by atoms with van der Waals surface area (Å²) in [5.41, 5.74) is 2.29. The van der Waals surface area contributed by atoms with Crippen LogP contribution in [0.5, 0.6) is 11.5 Å². The van der Waals surface area contributed by atoms with Crippen LogP contribution in [0.3, 0.4) is 0 Å². The van der Waals surface area contributed by atoms with Gasteiger partial charge in [0, 0.05) is 12.1 Å². The van der Waals surface area contributed by atoms with Crippen molar-refractivity contribution in [2.45, 2.75) is 13.5 Å². The van der Waals surface area contributed by atoms with Gasteiger partial charge in [-0.15, -0.1) is 0 Å². The lowest BCUT2D eigenvalue weighted by Gasteiger charge is -2.11. The maximum atomic E-state index is 12.9. The Morgan fingerprint density at radius 3 is 2.17 bits per heavy atom.